The van der Waals surface area contributed by atoms with Gasteiger partial charge in [-0.25, -0.2) is 9.59 Å². The molecular weight excluding hydrogens is 437 g/mol. The molecule has 1 amide bonds. The quantitative estimate of drug-likeness (QED) is 0.474. The Labute approximate surface area is 203 Å². The lowest BCUT2D eigenvalue weighted by Crippen LogP contribution is -2.49. The predicted molar refractivity (Wildman–Crippen MR) is 128 cm³/mol. The van der Waals surface area contributed by atoms with Gasteiger partial charge in [-0.05, 0) is 52.9 Å². The third-order valence-corrected chi connectivity index (χ3v) is 7.77. The summed E-state index contributed by atoms with van der Waals surface area (Å²) in [6, 6.07) is 7.73. The van der Waals surface area contributed by atoms with Crippen molar-refractivity contribution in [2.24, 2.45) is 5.41 Å². The molecule has 0 saturated carbocycles. The van der Waals surface area contributed by atoms with E-state index in [1.54, 1.807) is 6.92 Å². The summed E-state index contributed by atoms with van der Waals surface area (Å²) in [5.41, 5.74) is -0.918. The van der Waals surface area contributed by atoms with Crippen molar-refractivity contribution in [1.29, 1.82) is 0 Å². The van der Waals surface area contributed by atoms with Gasteiger partial charge in [-0.1, -0.05) is 43.7 Å². The first-order valence-corrected chi connectivity index (χ1v) is 11.9. The van der Waals surface area contributed by atoms with Crippen LogP contribution in [0.4, 0.5) is 4.79 Å². The summed E-state index contributed by atoms with van der Waals surface area (Å²) in [6.45, 7) is 11.6. The standard InChI is InChI=1S/C25H38BNO7/c1-17-20(28)25(6,14-11-15-26-33-23(2,3)24(4,5)34-26)19(21(29)31-7)27(17)22(30)32-16-18-12-9-8-10-13-18/h8-10,12-13,17,19-20,28H,11,14-16H2,1-7H3/t17-,19-,20+,25+/m1/s1. The minimum Gasteiger partial charge on any atom is -0.467 e. The lowest BCUT2D eigenvalue weighted by Gasteiger charge is -2.34. The van der Waals surface area contributed by atoms with E-state index in [9.17, 15) is 14.7 Å². The molecule has 0 aliphatic carbocycles. The molecule has 34 heavy (non-hydrogen) atoms. The van der Waals surface area contributed by atoms with Gasteiger partial charge in [0.05, 0.1) is 30.5 Å². The molecule has 2 aliphatic heterocycles. The number of ether oxygens (including phenoxy) is 2. The maximum Gasteiger partial charge on any atom is 0.457 e. The number of rotatable bonds is 7. The van der Waals surface area contributed by atoms with Crippen molar-refractivity contribution < 1.29 is 33.5 Å². The van der Waals surface area contributed by atoms with Crippen LogP contribution in [0.1, 0.15) is 59.9 Å². The number of benzene rings is 1. The molecule has 0 spiro atoms. The maximum atomic E-state index is 13.1. The Kier molecular flexibility index (Phi) is 7.70. The number of aliphatic hydroxyl groups excluding tert-OH is 1. The van der Waals surface area contributed by atoms with Gasteiger partial charge in [-0.2, -0.15) is 0 Å². The third kappa shape index (κ3) is 4.97. The number of carbonyl (C=O) groups is 2. The molecule has 1 aromatic rings. The van der Waals surface area contributed by atoms with Crippen LogP contribution in [-0.2, 0) is 30.2 Å². The van der Waals surface area contributed by atoms with Crippen molar-refractivity contribution in [2.75, 3.05) is 7.11 Å². The molecule has 8 nitrogen and oxygen atoms in total. The van der Waals surface area contributed by atoms with Gasteiger partial charge in [0.25, 0.3) is 0 Å². The van der Waals surface area contributed by atoms with Gasteiger partial charge < -0.3 is 23.9 Å². The van der Waals surface area contributed by atoms with Crippen molar-refractivity contribution in [1.82, 2.24) is 4.90 Å². The van der Waals surface area contributed by atoms with Crippen LogP contribution in [0.15, 0.2) is 30.3 Å². The normalized spacial score (nSPS) is 29.8. The van der Waals surface area contributed by atoms with Crippen LogP contribution in [0.5, 0.6) is 0 Å². The van der Waals surface area contributed by atoms with Crippen molar-refractivity contribution >= 4 is 19.2 Å². The fourth-order valence-corrected chi connectivity index (χ4v) is 4.99. The number of hydrogen-bond donors (Lipinski definition) is 1. The van der Waals surface area contributed by atoms with Crippen LogP contribution >= 0.6 is 0 Å². The van der Waals surface area contributed by atoms with Crippen LogP contribution in [0.3, 0.4) is 0 Å². The Morgan fingerprint density at radius 2 is 1.68 bits per heavy atom. The summed E-state index contributed by atoms with van der Waals surface area (Å²) in [6.07, 6.45) is 0.137. The summed E-state index contributed by atoms with van der Waals surface area (Å²) in [5.74, 6) is -0.571. The highest BCUT2D eigenvalue weighted by atomic mass is 16.7. The highest BCUT2D eigenvalue weighted by Crippen LogP contribution is 2.46. The molecule has 2 aliphatic rings. The van der Waals surface area contributed by atoms with E-state index in [0.29, 0.717) is 19.2 Å². The summed E-state index contributed by atoms with van der Waals surface area (Å²) in [7, 11) is 0.920. The number of amides is 1. The Morgan fingerprint density at radius 1 is 1.09 bits per heavy atom. The lowest BCUT2D eigenvalue weighted by molar-refractivity contribution is -0.150. The van der Waals surface area contributed by atoms with E-state index in [0.717, 1.165) is 5.56 Å². The molecule has 2 saturated heterocycles. The molecule has 0 radical (unpaired) electrons. The molecule has 2 fully saturated rings. The van der Waals surface area contributed by atoms with Crippen molar-refractivity contribution in [3.63, 3.8) is 0 Å². The lowest BCUT2D eigenvalue weighted by atomic mass is 9.72. The Balaban J connectivity index is 1.71. The van der Waals surface area contributed by atoms with Crippen LogP contribution < -0.4 is 0 Å². The maximum absolute atomic E-state index is 13.1. The van der Waals surface area contributed by atoms with Crippen molar-refractivity contribution in [2.45, 2.75) is 96.7 Å². The SMILES string of the molecule is COC(=O)[C@H]1N(C(=O)OCc2ccccc2)[C@H](C)[C@H](O)[C@@]1(C)CCCB1OC(C)(C)C(C)(C)O1. The number of likely N-dealkylation sites (tertiary alicyclic amines) is 1. The Bertz CT molecular complexity index is 861. The first-order chi connectivity index (χ1) is 15.8. The first-order valence-electron chi connectivity index (χ1n) is 11.9. The summed E-state index contributed by atoms with van der Waals surface area (Å²) in [5, 5.41) is 11.2. The van der Waals surface area contributed by atoms with Crippen molar-refractivity contribution in [3.05, 3.63) is 35.9 Å². The number of nitrogens with zero attached hydrogens (tertiary/aromatic N) is 1. The van der Waals surface area contributed by atoms with Gasteiger partial charge in [0.15, 0.2) is 0 Å². The highest BCUT2D eigenvalue weighted by Gasteiger charge is 2.60. The summed E-state index contributed by atoms with van der Waals surface area (Å²) >= 11 is 0. The largest absolute Gasteiger partial charge is 0.467 e. The van der Waals surface area contributed by atoms with Crippen LogP contribution in [0.2, 0.25) is 6.32 Å². The molecule has 0 bridgehead atoms. The average Bonchev–Trinajstić information content (AvgIpc) is 3.11. The molecule has 9 heteroatoms. The third-order valence-electron chi connectivity index (χ3n) is 7.77. The Hall–Kier alpha value is -2.10. The second-order valence-corrected chi connectivity index (χ2v) is 10.6. The van der Waals surface area contributed by atoms with E-state index in [4.69, 9.17) is 18.8 Å². The smallest absolute Gasteiger partial charge is 0.457 e. The van der Waals surface area contributed by atoms with Gasteiger partial charge in [0.2, 0.25) is 0 Å². The summed E-state index contributed by atoms with van der Waals surface area (Å²) < 4.78 is 22.7. The molecule has 188 valence electrons. The van der Waals surface area contributed by atoms with Crippen LogP contribution in [-0.4, -0.2) is 65.7 Å². The zero-order valence-corrected chi connectivity index (χ0v) is 21.4. The second kappa shape index (κ2) is 9.87. The fraction of sp³-hybridized carbons (Fsp3) is 0.680. The Morgan fingerprint density at radius 3 is 2.24 bits per heavy atom. The van der Waals surface area contributed by atoms with Crippen LogP contribution in [0, 0.1) is 5.41 Å². The van der Waals surface area contributed by atoms with E-state index in [1.807, 2.05) is 65.0 Å². The monoisotopic (exact) mass is 475 g/mol. The van der Waals surface area contributed by atoms with E-state index >= 15 is 0 Å². The average molecular weight is 475 g/mol. The van der Waals surface area contributed by atoms with Crippen LogP contribution in [0.25, 0.3) is 0 Å². The van der Waals surface area contributed by atoms with E-state index < -0.39 is 46.9 Å². The highest BCUT2D eigenvalue weighted by molar-refractivity contribution is 6.45. The molecule has 3 rings (SSSR count). The molecule has 2 heterocycles. The zero-order chi connectivity index (χ0) is 25.3. The van der Waals surface area contributed by atoms with Gasteiger partial charge in [-0.15, -0.1) is 0 Å². The molecule has 1 aromatic carbocycles. The van der Waals surface area contributed by atoms with Gasteiger partial charge in [0.1, 0.15) is 12.6 Å². The molecule has 0 aromatic heterocycles. The topological polar surface area (TPSA) is 94.5 Å². The minimum absolute atomic E-state index is 0.0749. The van der Waals surface area contributed by atoms with Gasteiger partial charge >= 0.3 is 19.2 Å². The summed E-state index contributed by atoms with van der Waals surface area (Å²) in [4.78, 5) is 27.3. The predicted octanol–water partition coefficient (Wildman–Crippen LogP) is 3.81. The fourth-order valence-electron chi connectivity index (χ4n) is 4.99. The number of aliphatic hydroxyl groups is 1. The molecule has 1 N–H and O–H groups in total. The van der Waals surface area contributed by atoms with E-state index in [-0.39, 0.29) is 13.7 Å². The minimum atomic E-state index is -0.968. The van der Waals surface area contributed by atoms with Gasteiger partial charge in [-0.3, -0.25) is 4.90 Å². The van der Waals surface area contributed by atoms with E-state index in [2.05, 4.69) is 0 Å². The molecule has 0 unspecified atom stereocenters. The molecule has 4 atom stereocenters. The number of hydrogen-bond acceptors (Lipinski definition) is 7. The number of esters is 1. The first kappa shape index (κ1) is 26.5. The number of carbonyl (C=O) groups excluding carboxylic acids is 2. The second-order valence-electron chi connectivity index (χ2n) is 10.6. The van der Waals surface area contributed by atoms with E-state index in [1.165, 1.54) is 12.0 Å². The zero-order valence-electron chi connectivity index (χ0n) is 21.4. The van der Waals surface area contributed by atoms with Crippen molar-refractivity contribution in [3.8, 4) is 0 Å². The van der Waals surface area contributed by atoms with Gasteiger partial charge in [0, 0.05) is 5.41 Å². The number of methoxy groups -OCH3 is 1. The molecular formula is C25H38BNO7.